The van der Waals surface area contributed by atoms with E-state index >= 15 is 0 Å². The first-order chi connectivity index (χ1) is 9.35. The fourth-order valence-corrected chi connectivity index (χ4v) is 2.81. The van der Waals surface area contributed by atoms with E-state index in [2.05, 4.69) is 79.0 Å². The molecule has 0 saturated heterocycles. The van der Waals surface area contributed by atoms with Gasteiger partial charge in [0.2, 0.25) is 0 Å². The monoisotopic (exact) mass is 340 g/mol. The van der Waals surface area contributed by atoms with E-state index in [-0.39, 0.29) is 0 Å². The first-order valence-corrected chi connectivity index (χ1v) is 8.36. The van der Waals surface area contributed by atoms with Gasteiger partial charge in [-0.2, -0.15) is 0 Å². The highest BCUT2D eigenvalue weighted by Crippen LogP contribution is 2.30. The summed E-state index contributed by atoms with van der Waals surface area (Å²) in [6.45, 7) is 13.5. The van der Waals surface area contributed by atoms with E-state index in [4.69, 9.17) is 0 Å². The van der Waals surface area contributed by atoms with Crippen LogP contribution in [0.2, 0.25) is 0 Å². The molecule has 0 saturated carbocycles. The van der Waals surface area contributed by atoms with Gasteiger partial charge < -0.3 is 10.2 Å². The van der Waals surface area contributed by atoms with Crippen LogP contribution in [0, 0.1) is 11.8 Å². The number of hydrogen-bond acceptors (Lipinski definition) is 2. The Morgan fingerprint density at radius 1 is 1.05 bits per heavy atom. The van der Waals surface area contributed by atoms with E-state index in [0.717, 1.165) is 17.6 Å². The summed E-state index contributed by atoms with van der Waals surface area (Å²) in [5, 5.41) is 3.36. The molecular formula is C17H29BrN2. The molecule has 1 aromatic carbocycles. The van der Waals surface area contributed by atoms with Crippen molar-refractivity contribution < 1.29 is 0 Å². The largest absolute Gasteiger partial charge is 0.371 e. The minimum Gasteiger partial charge on any atom is -0.371 e. The van der Waals surface area contributed by atoms with Crippen molar-refractivity contribution in [3.8, 4) is 0 Å². The summed E-state index contributed by atoms with van der Waals surface area (Å²) in [7, 11) is 2.02. The molecule has 1 aromatic rings. The SMILES string of the molecule is CNC(C)c1ccc(Br)cc1N(CC(C)C)CC(C)C. The van der Waals surface area contributed by atoms with E-state index in [9.17, 15) is 0 Å². The number of nitrogens with one attached hydrogen (secondary N) is 1. The van der Waals surface area contributed by atoms with Crippen LogP contribution in [0.15, 0.2) is 22.7 Å². The second-order valence-corrected chi connectivity index (χ2v) is 7.32. The quantitative estimate of drug-likeness (QED) is 0.763. The predicted molar refractivity (Wildman–Crippen MR) is 93.5 cm³/mol. The van der Waals surface area contributed by atoms with Crippen molar-refractivity contribution in [3.05, 3.63) is 28.2 Å². The number of rotatable bonds is 7. The normalized spacial score (nSPS) is 13.1. The number of anilines is 1. The Morgan fingerprint density at radius 2 is 1.60 bits per heavy atom. The van der Waals surface area contributed by atoms with Gasteiger partial charge in [-0.25, -0.2) is 0 Å². The lowest BCUT2D eigenvalue weighted by molar-refractivity contribution is 0.547. The third-order valence-electron chi connectivity index (χ3n) is 3.40. The highest BCUT2D eigenvalue weighted by molar-refractivity contribution is 9.10. The maximum atomic E-state index is 3.62. The molecule has 1 N–H and O–H groups in total. The zero-order chi connectivity index (χ0) is 15.3. The summed E-state index contributed by atoms with van der Waals surface area (Å²) in [5.41, 5.74) is 2.72. The number of halogens is 1. The van der Waals surface area contributed by atoms with Crippen LogP contribution in [-0.2, 0) is 0 Å². The zero-order valence-corrected chi connectivity index (χ0v) is 15.3. The van der Waals surface area contributed by atoms with Crippen LogP contribution in [0.25, 0.3) is 0 Å². The van der Waals surface area contributed by atoms with Crippen molar-refractivity contribution in [2.75, 3.05) is 25.0 Å². The van der Waals surface area contributed by atoms with Crippen molar-refractivity contribution >= 4 is 21.6 Å². The molecule has 0 radical (unpaired) electrons. The van der Waals surface area contributed by atoms with E-state index in [1.165, 1.54) is 11.3 Å². The summed E-state index contributed by atoms with van der Waals surface area (Å²) >= 11 is 3.62. The second-order valence-electron chi connectivity index (χ2n) is 6.41. The summed E-state index contributed by atoms with van der Waals surface area (Å²) in [5.74, 6) is 1.32. The molecule has 1 atom stereocenters. The molecule has 0 fully saturated rings. The smallest absolute Gasteiger partial charge is 0.0426 e. The predicted octanol–water partition coefficient (Wildman–Crippen LogP) is 4.85. The first-order valence-electron chi connectivity index (χ1n) is 7.56. The molecule has 0 aliphatic rings. The van der Waals surface area contributed by atoms with Crippen molar-refractivity contribution in [1.82, 2.24) is 5.32 Å². The minimum atomic E-state index is 0.361. The topological polar surface area (TPSA) is 15.3 Å². The average Bonchev–Trinajstić information content (AvgIpc) is 2.36. The van der Waals surface area contributed by atoms with Crippen molar-refractivity contribution in [2.24, 2.45) is 11.8 Å². The molecule has 0 aliphatic carbocycles. The van der Waals surface area contributed by atoms with Gasteiger partial charge >= 0.3 is 0 Å². The lowest BCUT2D eigenvalue weighted by atomic mass is 10.0. The molecule has 114 valence electrons. The molecule has 3 heteroatoms. The van der Waals surface area contributed by atoms with Gasteiger partial charge in [0.15, 0.2) is 0 Å². The molecule has 0 spiro atoms. The highest BCUT2D eigenvalue weighted by Gasteiger charge is 2.17. The molecule has 0 aliphatic heterocycles. The number of hydrogen-bond donors (Lipinski definition) is 1. The molecule has 0 bridgehead atoms. The number of nitrogens with zero attached hydrogens (tertiary/aromatic N) is 1. The van der Waals surface area contributed by atoms with Gasteiger partial charge in [0, 0.05) is 29.3 Å². The Hall–Kier alpha value is -0.540. The third kappa shape index (κ3) is 5.10. The van der Waals surface area contributed by atoms with Gasteiger partial charge in [0.1, 0.15) is 0 Å². The molecule has 1 rings (SSSR count). The minimum absolute atomic E-state index is 0.361. The molecule has 0 aromatic heterocycles. The lowest BCUT2D eigenvalue weighted by Gasteiger charge is -2.32. The van der Waals surface area contributed by atoms with Gasteiger partial charge in [-0.3, -0.25) is 0 Å². The number of benzene rings is 1. The van der Waals surface area contributed by atoms with E-state index < -0.39 is 0 Å². The van der Waals surface area contributed by atoms with Gasteiger partial charge in [0.05, 0.1) is 0 Å². The van der Waals surface area contributed by atoms with E-state index in [1.807, 2.05) is 7.05 Å². The fourth-order valence-electron chi connectivity index (χ4n) is 2.47. The van der Waals surface area contributed by atoms with Crippen LogP contribution in [0.3, 0.4) is 0 Å². The van der Waals surface area contributed by atoms with Crippen LogP contribution >= 0.6 is 15.9 Å². The third-order valence-corrected chi connectivity index (χ3v) is 3.90. The van der Waals surface area contributed by atoms with Gasteiger partial charge in [0.25, 0.3) is 0 Å². The molecule has 0 amide bonds. The summed E-state index contributed by atoms with van der Waals surface area (Å²) in [6.07, 6.45) is 0. The summed E-state index contributed by atoms with van der Waals surface area (Å²) < 4.78 is 1.15. The van der Waals surface area contributed by atoms with Gasteiger partial charge in [-0.05, 0) is 43.5 Å². The van der Waals surface area contributed by atoms with Gasteiger partial charge in [-0.15, -0.1) is 0 Å². The van der Waals surface area contributed by atoms with Crippen molar-refractivity contribution in [1.29, 1.82) is 0 Å². The standard InChI is InChI=1S/C17H29BrN2/c1-12(2)10-20(11-13(3)4)17-9-15(18)7-8-16(17)14(5)19-6/h7-9,12-14,19H,10-11H2,1-6H3. The molecule has 0 heterocycles. The fraction of sp³-hybridized carbons (Fsp3) is 0.647. The van der Waals surface area contributed by atoms with Crippen LogP contribution in [-0.4, -0.2) is 20.1 Å². The Kier molecular flexibility index (Phi) is 7.04. The van der Waals surface area contributed by atoms with Crippen LogP contribution < -0.4 is 10.2 Å². The van der Waals surface area contributed by atoms with E-state index in [1.54, 1.807) is 0 Å². The maximum absolute atomic E-state index is 3.62. The molecule has 20 heavy (non-hydrogen) atoms. The van der Waals surface area contributed by atoms with Crippen molar-refractivity contribution in [3.63, 3.8) is 0 Å². The van der Waals surface area contributed by atoms with Crippen LogP contribution in [0.4, 0.5) is 5.69 Å². The first kappa shape index (κ1) is 17.5. The van der Waals surface area contributed by atoms with Crippen LogP contribution in [0.5, 0.6) is 0 Å². The second kappa shape index (κ2) is 8.04. The zero-order valence-electron chi connectivity index (χ0n) is 13.7. The Balaban J connectivity index is 3.18. The summed E-state index contributed by atoms with van der Waals surface area (Å²) in [4.78, 5) is 2.53. The Labute approximate surface area is 133 Å². The van der Waals surface area contributed by atoms with E-state index in [0.29, 0.717) is 17.9 Å². The highest BCUT2D eigenvalue weighted by atomic mass is 79.9. The molecule has 1 unspecified atom stereocenters. The lowest BCUT2D eigenvalue weighted by Crippen LogP contribution is -2.33. The van der Waals surface area contributed by atoms with Gasteiger partial charge in [-0.1, -0.05) is 49.7 Å². The van der Waals surface area contributed by atoms with Crippen molar-refractivity contribution in [2.45, 2.75) is 40.7 Å². The molecule has 2 nitrogen and oxygen atoms in total. The Morgan fingerprint density at radius 3 is 2.05 bits per heavy atom. The maximum Gasteiger partial charge on any atom is 0.0426 e. The molecular weight excluding hydrogens is 312 g/mol. The summed E-state index contributed by atoms with van der Waals surface area (Å²) in [6, 6.07) is 6.98. The Bertz CT molecular complexity index is 405. The van der Waals surface area contributed by atoms with Crippen LogP contribution in [0.1, 0.15) is 46.2 Å². The average molecular weight is 341 g/mol.